The highest BCUT2D eigenvalue weighted by molar-refractivity contribution is 5.88. The first-order valence-corrected chi connectivity index (χ1v) is 7.53. The molecule has 0 aliphatic carbocycles. The van der Waals surface area contributed by atoms with Crippen LogP contribution in [0.5, 0.6) is 5.75 Å². The van der Waals surface area contributed by atoms with E-state index in [-0.39, 0.29) is 17.0 Å². The number of carbonyl (C=O) groups is 1. The Hall–Kier alpha value is -3.29. The van der Waals surface area contributed by atoms with Gasteiger partial charge in [-0.05, 0) is 36.8 Å². The van der Waals surface area contributed by atoms with Gasteiger partial charge in [0.15, 0.2) is 0 Å². The summed E-state index contributed by atoms with van der Waals surface area (Å²) < 4.78 is 33.7. The van der Waals surface area contributed by atoms with Crippen LogP contribution >= 0.6 is 0 Å². The molecular formula is C18H15F2NO5. The van der Waals surface area contributed by atoms with E-state index in [1.807, 2.05) is 0 Å². The van der Waals surface area contributed by atoms with Gasteiger partial charge in [-0.25, -0.2) is 4.79 Å². The van der Waals surface area contributed by atoms with Crippen LogP contribution in [0.4, 0.5) is 14.5 Å². The number of carbonyl (C=O) groups excluding carboxylic acids is 1. The highest BCUT2D eigenvalue weighted by Gasteiger charge is 2.13. The number of alkyl halides is 2. The molecule has 0 radical (unpaired) electrons. The molecule has 0 saturated carbocycles. The topological polar surface area (TPSA) is 78.7 Å². The summed E-state index contributed by atoms with van der Waals surface area (Å²) in [6, 6.07) is 11.7. The fraction of sp³-hybridized carbons (Fsp3) is 0.167. The molecule has 6 nitrogen and oxygen atoms in total. The molecule has 1 atom stereocenters. The maximum Gasteiger partial charge on any atom is 0.387 e. The predicted octanol–water partition coefficient (Wildman–Crippen LogP) is 4.51. The Kier molecular flexibility index (Phi) is 6.37. The van der Waals surface area contributed by atoms with Crippen molar-refractivity contribution in [2.75, 3.05) is 0 Å². The third-order valence-electron chi connectivity index (χ3n) is 3.40. The van der Waals surface area contributed by atoms with Crippen molar-refractivity contribution in [2.24, 2.45) is 0 Å². The number of halogens is 2. The number of benzene rings is 2. The van der Waals surface area contributed by atoms with Crippen molar-refractivity contribution in [3.05, 3.63) is 75.8 Å². The molecule has 0 N–H and O–H groups in total. The van der Waals surface area contributed by atoms with Gasteiger partial charge in [0.05, 0.1) is 10.5 Å². The number of ether oxygens (including phenoxy) is 2. The van der Waals surface area contributed by atoms with E-state index in [0.717, 1.165) is 6.08 Å². The van der Waals surface area contributed by atoms with Crippen LogP contribution in [-0.2, 0) is 9.53 Å². The number of hydrogen-bond acceptors (Lipinski definition) is 5. The number of hydrogen-bond donors (Lipinski definition) is 0. The smallest absolute Gasteiger partial charge is 0.387 e. The van der Waals surface area contributed by atoms with Crippen molar-refractivity contribution < 1.29 is 28.0 Å². The van der Waals surface area contributed by atoms with Gasteiger partial charge in [0.25, 0.3) is 5.69 Å². The van der Waals surface area contributed by atoms with Crippen LogP contribution in [0, 0.1) is 10.1 Å². The van der Waals surface area contributed by atoms with Crippen LogP contribution in [0.1, 0.15) is 24.2 Å². The van der Waals surface area contributed by atoms with E-state index in [2.05, 4.69) is 4.74 Å². The Balaban J connectivity index is 2.00. The maximum atomic E-state index is 12.1. The molecule has 0 aromatic heterocycles. The Morgan fingerprint density at radius 2 is 1.81 bits per heavy atom. The first-order chi connectivity index (χ1) is 12.4. The van der Waals surface area contributed by atoms with E-state index in [9.17, 15) is 23.7 Å². The Labute approximate surface area is 147 Å². The van der Waals surface area contributed by atoms with E-state index in [0.29, 0.717) is 5.56 Å². The molecule has 0 saturated heterocycles. The number of para-hydroxylation sites is 1. The zero-order chi connectivity index (χ0) is 19.1. The second kappa shape index (κ2) is 8.70. The average molecular weight is 363 g/mol. The number of nitrogens with zero attached hydrogens (tertiary/aromatic N) is 1. The van der Waals surface area contributed by atoms with E-state index in [1.54, 1.807) is 13.0 Å². The first-order valence-electron chi connectivity index (χ1n) is 7.53. The van der Waals surface area contributed by atoms with Crippen molar-refractivity contribution in [3.8, 4) is 5.75 Å². The molecule has 0 spiro atoms. The minimum Gasteiger partial charge on any atom is -0.455 e. The second-order valence-corrected chi connectivity index (χ2v) is 5.18. The summed E-state index contributed by atoms with van der Waals surface area (Å²) >= 11 is 0. The Morgan fingerprint density at radius 3 is 2.42 bits per heavy atom. The second-order valence-electron chi connectivity index (χ2n) is 5.18. The van der Waals surface area contributed by atoms with Crippen molar-refractivity contribution in [1.29, 1.82) is 0 Å². The zero-order valence-corrected chi connectivity index (χ0v) is 13.7. The average Bonchev–Trinajstić information content (AvgIpc) is 2.60. The van der Waals surface area contributed by atoms with Crippen LogP contribution in [0.15, 0.2) is 54.6 Å². The van der Waals surface area contributed by atoms with Gasteiger partial charge in [-0.2, -0.15) is 8.78 Å². The maximum absolute atomic E-state index is 12.1. The minimum absolute atomic E-state index is 0.00133. The largest absolute Gasteiger partial charge is 0.455 e. The highest BCUT2D eigenvalue weighted by Crippen LogP contribution is 2.22. The summed E-state index contributed by atoms with van der Waals surface area (Å²) in [5, 5.41) is 10.9. The summed E-state index contributed by atoms with van der Waals surface area (Å²) in [4.78, 5) is 22.3. The molecule has 0 heterocycles. The Bertz CT molecular complexity index is 805. The fourth-order valence-corrected chi connectivity index (χ4v) is 2.15. The molecule has 1 unspecified atom stereocenters. The molecule has 0 bridgehead atoms. The summed E-state index contributed by atoms with van der Waals surface area (Å²) in [6.45, 7) is -1.30. The first kappa shape index (κ1) is 19.0. The lowest BCUT2D eigenvalue weighted by Crippen LogP contribution is -2.06. The number of nitro groups is 1. The molecular weight excluding hydrogens is 348 g/mol. The van der Waals surface area contributed by atoms with Crippen LogP contribution < -0.4 is 4.74 Å². The number of esters is 1. The number of rotatable bonds is 7. The molecule has 2 aromatic rings. The molecule has 0 amide bonds. The SMILES string of the molecule is CC(OC(=O)C=Cc1ccccc1[N+](=O)[O-])c1ccc(OC(F)F)cc1. The summed E-state index contributed by atoms with van der Waals surface area (Å²) in [5.41, 5.74) is 0.730. The van der Waals surface area contributed by atoms with Crippen molar-refractivity contribution in [3.63, 3.8) is 0 Å². The molecule has 0 fully saturated rings. The highest BCUT2D eigenvalue weighted by atomic mass is 19.3. The molecule has 0 aliphatic heterocycles. The third kappa shape index (κ3) is 5.37. The monoisotopic (exact) mass is 363 g/mol. The van der Waals surface area contributed by atoms with E-state index < -0.39 is 23.6 Å². The summed E-state index contributed by atoms with van der Waals surface area (Å²) in [7, 11) is 0. The lowest BCUT2D eigenvalue weighted by atomic mass is 10.1. The predicted molar refractivity (Wildman–Crippen MR) is 89.7 cm³/mol. The van der Waals surface area contributed by atoms with Gasteiger partial charge >= 0.3 is 12.6 Å². The summed E-state index contributed by atoms with van der Waals surface area (Å²) in [6.07, 6.45) is 1.75. The zero-order valence-electron chi connectivity index (χ0n) is 13.7. The van der Waals surface area contributed by atoms with Crippen LogP contribution in [0.25, 0.3) is 6.08 Å². The van der Waals surface area contributed by atoms with Crippen LogP contribution in [0.2, 0.25) is 0 Å². The fourth-order valence-electron chi connectivity index (χ4n) is 2.15. The molecule has 0 aliphatic rings. The van der Waals surface area contributed by atoms with Crippen molar-refractivity contribution in [1.82, 2.24) is 0 Å². The van der Waals surface area contributed by atoms with Gasteiger partial charge in [0.2, 0.25) is 0 Å². The van der Waals surface area contributed by atoms with Crippen LogP contribution in [0.3, 0.4) is 0 Å². The Morgan fingerprint density at radius 1 is 1.15 bits per heavy atom. The lowest BCUT2D eigenvalue weighted by molar-refractivity contribution is -0.385. The lowest BCUT2D eigenvalue weighted by Gasteiger charge is -2.13. The van der Waals surface area contributed by atoms with Gasteiger partial charge in [0, 0.05) is 12.1 Å². The van der Waals surface area contributed by atoms with Crippen LogP contribution in [-0.4, -0.2) is 17.5 Å². The van der Waals surface area contributed by atoms with E-state index in [1.165, 1.54) is 48.5 Å². The molecule has 26 heavy (non-hydrogen) atoms. The van der Waals surface area contributed by atoms with Crippen molar-refractivity contribution in [2.45, 2.75) is 19.6 Å². The molecule has 8 heteroatoms. The molecule has 136 valence electrons. The van der Waals surface area contributed by atoms with Crippen molar-refractivity contribution >= 4 is 17.7 Å². The standard InChI is InChI=1S/C18H15F2NO5/c1-12(13-6-9-15(10-7-13)26-18(19)20)25-17(22)11-8-14-4-2-3-5-16(14)21(23)24/h2-12,18H,1H3. The quantitative estimate of drug-likeness (QED) is 0.313. The molecule has 2 rings (SSSR count). The summed E-state index contributed by atoms with van der Waals surface area (Å²) in [5.74, 6) is -0.692. The third-order valence-corrected chi connectivity index (χ3v) is 3.40. The molecule has 2 aromatic carbocycles. The minimum atomic E-state index is -2.91. The number of nitro benzene ring substituents is 1. The van der Waals surface area contributed by atoms with Gasteiger partial charge in [-0.3, -0.25) is 10.1 Å². The van der Waals surface area contributed by atoms with Gasteiger partial charge < -0.3 is 9.47 Å². The van der Waals surface area contributed by atoms with E-state index in [4.69, 9.17) is 4.74 Å². The normalized spacial score (nSPS) is 12.2. The van der Waals surface area contributed by atoms with Gasteiger partial charge in [0.1, 0.15) is 11.9 Å². The van der Waals surface area contributed by atoms with E-state index >= 15 is 0 Å². The van der Waals surface area contributed by atoms with Gasteiger partial charge in [-0.1, -0.05) is 24.3 Å². The van der Waals surface area contributed by atoms with Gasteiger partial charge in [-0.15, -0.1) is 0 Å².